The van der Waals surface area contributed by atoms with E-state index in [0.717, 1.165) is 38.5 Å². The van der Waals surface area contributed by atoms with Gasteiger partial charge in [0.15, 0.2) is 0 Å². The summed E-state index contributed by atoms with van der Waals surface area (Å²) in [5, 5.41) is 19.3. The molecule has 2 N–H and O–H groups in total. The number of carbonyl (C=O) groups excluding carboxylic acids is 2. The van der Waals surface area contributed by atoms with E-state index in [1.54, 1.807) is 0 Å². The van der Waals surface area contributed by atoms with Crippen molar-refractivity contribution in [2.24, 2.45) is 0 Å². The van der Waals surface area contributed by atoms with Gasteiger partial charge < -0.3 is 24.4 Å². The van der Waals surface area contributed by atoms with Gasteiger partial charge in [-0.25, -0.2) is 0 Å². The lowest BCUT2D eigenvalue weighted by atomic mass is 10.0. The number of aliphatic hydroxyl groups excluding tert-OH is 2. The Balaban J connectivity index is 3.71. The molecule has 0 aliphatic heterocycles. The highest BCUT2D eigenvalue weighted by Crippen LogP contribution is 2.15. The molecular formula is C40H78O7. The van der Waals surface area contributed by atoms with Crippen LogP contribution in [0.25, 0.3) is 0 Å². The fourth-order valence-electron chi connectivity index (χ4n) is 5.99. The Hall–Kier alpha value is -1.18. The molecule has 47 heavy (non-hydrogen) atoms. The topological polar surface area (TPSA) is 102 Å². The summed E-state index contributed by atoms with van der Waals surface area (Å²) in [6.07, 6.45) is 34.6. The standard InChI is InChI=1S/C40H78O7/c1-3-5-7-9-11-13-15-17-18-20-22-24-26-28-30-32-40(44)46-36-38(34-42)47-37(33-41)35-45-39(43)31-29-27-25-23-21-19-16-14-12-10-8-6-4-2/h37-38,41-42H,3-36H2,1-2H3. The van der Waals surface area contributed by atoms with Crippen LogP contribution in [-0.4, -0.2) is 60.8 Å². The second kappa shape index (κ2) is 37.6. The minimum absolute atomic E-state index is 0.0858. The van der Waals surface area contributed by atoms with E-state index >= 15 is 0 Å². The quantitative estimate of drug-likeness (QED) is 0.0498. The lowest BCUT2D eigenvalue weighted by molar-refractivity contribution is -0.160. The summed E-state index contributed by atoms with van der Waals surface area (Å²) in [5.74, 6) is -0.600. The van der Waals surface area contributed by atoms with Crippen LogP contribution in [0.1, 0.15) is 206 Å². The molecule has 0 fully saturated rings. The summed E-state index contributed by atoms with van der Waals surface area (Å²) in [4.78, 5) is 24.3. The lowest BCUT2D eigenvalue weighted by Crippen LogP contribution is -2.35. The molecule has 7 nitrogen and oxygen atoms in total. The molecule has 0 saturated carbocycles. The highest BCUT2D eigenvalue weighted by atomic mass is 16.6. The predicted octanol–water partition coefficient (Wildman–Crippen LogP) is 10.6. The number of carbonyl (C=O) groups is 2. The molecule has 0 rings (SSSR count). The van der Waals surface area contributed by atoms with Crippen molar-refractivity contribution in [3.05, 3.63) is 0 Å². The number of esters is 2. The highest BCUT2D eigenvalue weighted by molar-refractivity contribution is 5.69. The van der Waals surface area contributed by atoms with Crippen LogP contribution >= 0.6 is 0 Å². The normalized spacial score (nSPS) is 12.7. The second-order valence-corrected chi connectivity index (χ2v) is 13.8. The van der Waals surface area contributed by atoms with Crippen LogP contribution in [-0.2, 0) is 23.8 Å². The molecule has 0 aromatic rings. The number of aliphatic hydroxyl groups is 2. The third kappa shape index (κ3) is 34.5. The van der Waals surface area contributed by atoms with E-state index in [9.17, 15) is 19.8 Å². The van der Waals surface area contributed by atoms with Gasteiger partial charge in [0.1, 0.15) is 25.4 Å². The minimum atomic E-state index is -0.767. The SMILES string of the molecule is CCCCCCCCCCCCCCCCCC(=O)OCC(CO)OC(CO)COC(=O)CCCCCCCCCCCCCCC. The van der Waals surface area contributed by atoms with E-state index in [2.05, 4.69) is 13.8 Å². The first-order valence-electron chi connectivity index (χ1n) is 20.3. The third-order valence-electron chi connectivity index (χ3n) is 9.12. The van der Waals surface area contributed by atoms with Crippen LogP contribution in [0.4, 0.5) is 0 Å². The maximum atomic E-state index is 12.2. The Morgan fingerprint density at radius 1 is 0.404 bits per heavy atom. The molecule has 0 radical (unpaired) electrons. The number of unbranched alkanes of at least 4 members (excludes halogenated alkanes) is 26. The molecule has 2 atom stereocenters. The third-order valence-corrected chi connectivity index (χ3v) is 9.12. The molecular weight excluding hydrogens is 592 g/mol. The van der Waals surface area contributed by atoms with Crippen molar-refractivity contribution in [3.63, 3.8) is 0 Å². The monoisotopic (exact) mass is 671 g/mol. The van der Waals surface area contributed by atoms with Crippen LogP contribution in [0.5, 0.6) is 0 Å². The Bertz CT molecular complexity index is 656. The molecule has 7 heteroatoms. The van der Waals surface area contributed by atoms with Gasteiger partial charge in [-0.05, 0) is 12.8 Å². The average Bonchev–Trinajstić information content (AvgIpc) is 3.08. The largest absolute Gasteiger partial charge is 0.463 e. The van der Waals surface area contributed by atoms with Crippen molar-refractivity contribution < 1.29 is 34.0 Å². The lowest BCUT2D eigenvalue weighted by Gasteiger charge is -2.22. The van der Waals surface area contributed by atoms with E-state index in [4.69, 9.17) is 14.2 Å². The molecule has 2 unspecified atom stereocenters. The molecule has 0 amide bonds. The van der Waals surface area contributed by atoms with Gasteiger partial charge in [-0.3, -0.25) is 9.59 Å². The Labute approximate surface area is 290 Å². The van der Waals surface area contributed by atoms with Gasteiger partial charge in [0.25, 0.3) is 0 Å². The zero-order valence-electron chi connectivity index (χ0n) is 31.1. The van der Waals surface area contributed by atoms with Gasteiger partial charge in [0.05, 0.1) is 13.2 Å². The van der Waals surface area contributed by atoms with Gasteiger partial charge in [0, 0.05) is 12.8 Å². The molecule has 0 spiro atoms. The maximum Gasteiger partial charge on any atom is 0.305 e. The molecule has 0 aliphatic carbocycles. The number of hydrogen-bond donors (Lipinski definition) is 2. The van der Waals surface area contributed by atoms with E-state index in [1.165, 1.54) is 141 Å². The summed E-state index contributed by atoms with van der Waals surface area (Å²) >= 11 is 0. The molecule has 0 saturated heterocycles. The predicted molar refractivity (Wildman–Crippen MR) is 195 cm³/mol. The molecule has 0 aromatic heterocycles. The van der Waals surface area contributed by atoms with Crippen molar-refractivity contribution >= 4 is 11.9 Å². The summed E-state index contributed by atoms with van der Waals surface area (Å²) in [6, 6.07) is 0. The van der Waals surface area contributed by atoms with Gasteiger partial charge in [-0.1, -0.05) is 181 Å². The summed E-state index contributed by atoms with van der Waals surface area (Å²) in [5.41, 5.74) is 0. The first-order valence-corrected chi connectivity index (χ1v) is 20.3. The summed E-state index contributed by atoms with van der Waals surface area (Å²) in [7, 11) is 0. The minimum Gasteiger partial charge on any atom is -0.463 e. The Kier molecular flexibility index (Phi) is 36.7. The zero-order chi connectivity index (χ0) is 34.5. The first kappa shape index (κ1) is 45.8. The fraction of sp³-hybridized carbons (Fsp3) is 0.950. The molecule has 0 heterocycles. The van der Waals surface area contributed by atoms with Crippen molar-refractivity contribution in [2.45, 2.75) is 219 Å². The molecule has 0 aromatic carbocycles. The summed E-state index contributed by atoms with van der Waals surface area (Å²) in [6.45, 7) is 3.64. The van der Waals surface area contributed by atoms with Crippen LogP contribution in [0.15, 0.2) is 0 Å². The van der Waals surface area contributed by atoms with Crippen LogP contribution in [0, 0.1) is 0 Å². The smallest absolute Gasteiger partial charge is 0.305 e. The molecule has 280 valence electrons. The average molecular weight is 671 g/mol. The zero-order valence-corrected chi connectivity index (χ0v) is 31.1. The highest BCUT2D eigenvalue weighted by Gasteiger charge is 2.19. The summed E-state index contributed by atoms with van der Waals surface area (Å²) < 4.78 is 16.2. The van der Waals surface area contributed by atoms with Gasteiger partial charge in [-0.2, -0.15) is 0 Å². The fourth-order valence-corrected chi connectivity index (χ4v) is 5.99. The van der Waals surface area contributed by atoms with Crippen LogP contribution < -0.4 is 0 Å². The van der Waals surface area contributed by atoms with E-state index in [-0.39, 0.29) is 38.4 Å². The molecule has 0 aliphatic rings. The van der Waals surface area contributed by atoms with E-state index in [1.807, 2.05) is 0 Å². The second-order valence-electron chi connectivity index (χ2n) is 13.8. The van der Waals surface area contributed by atoms with Crippen LogP contribution in [0.2, 0.25) is 0 Å². The van der Waals surface area contributed by atoms with Gasteiger partial charge in [0.2, 0.25) is 0 Å². The number of hydrogen-bond acceptors (Lipinski definition) is 7. The maximum absolute atomic E-state index is 12.2. The Morgan fingerprint density at radius 2 is 0.638 bits per heavy atom. The van der Waals surface area contributed by atoms with E-state index in [0.29, 0.717) is 12.8 Å². The van der Waals surface area contributed by atoms with Gasteiger partial charge >= 0.3 is 11.9 Å². The van der Waals surface area contributed by atoms with Crippen molar-refractivity contribution in [2.75, 3.05) is 26.4 Å². The van der Waals surface area contributed by atoms with Crippen LogP contribution in [0.3, 0.4) is 0 Å². The number of rotatable bonds is 38. The Morgan fingerprint density at radius 3 is 0.872 bits per heavy atom. The number of ether oxygens (including phenoxy) is 3. The first-order chi connectivity index (χ1) is 23.1. The van der Waals surface area contributed by atoms with Crippen molar-refractivity contribution in [3.8, 4) is 0 Å². The van der Waals surface area contributed by atoms with Crippen molar-refractivity contribution in [1.29, 1.82) is 0 Å². The van der Waals surface area contributed by atoms with E-state index < -0.39 is 12.2 Å². The molecule has 0 bridgehead atoms. The van der Waals surface area contributed by atoms with Crippen molar-refractivity contribution in [1.82, 2.24) is 0 Å². The van der Waals surface area contributed by atoms with Gasteiger partial charge in [-0.15, -0.1) is 0 Å².